The Bertz CT molecular complexity index is 315. The summed E-state index contributed by atoms with van der Waals surface area (Å²) in [5.74, 6) is -0.883. The highest BCUT2D eigenvalue weighted by atomic mass is 16.5. The molecular weight excluding hydrogens is 328 g/mol. The van der Waals surface area contributed by atoms with E-state index in [1.54, 1.807) is 0 Å². The van der Waals surface area contributed by atoms with Crippen molar-refractivity contribution in [3.05, 3.63) is 12.2 Å². The van der Waals surface area contributed by atoms with Gasteiger partial charge < -0.3 is 14.6 Å². The molecule has 154 valence electrons. The summed E-state index contributed by atoms with van der Waals surface area (Å²) in [6.45, 7) is 4.24. The molecule has 0 fully saturated rings. The zero-order valence-corrected chi connectivity index (χ0v) is 17.1. The van der Waals surface area contributed by atoms with Gasteiger partial charge in [-0.15, -0.1) is 0 Å². The van der Waals surface area contributed by atoms with Crippen LogP contribution >= 0.6 is 0 Å². The lowest BCUT2D eigenvalue weighted by atomic mass is 10.1. The van der Waals surface area contributed by atoms with Crippen LogP contribution in [0.3, 0.4) is 0 Å². The molecule has 0 bridgehead atoms. The van der Waals surface area contributed by atoms with Gasteiger partial charge in [0.2, 0.25) is 0 Å². The van der Waals surface area contributed by atoms with Gasteiger partial charge in [0.1, 0.15) is 6.61 Å². The number of carboxylic acid groups (broad SMARTS) is 1. The molecule has 0 saturated carbocycles. The van der Waals surface area contributed by atoms with Gasteiger partial charge in [-0.3, -0.25) is 0 Å². The van der Waals surface area contributed by atoms with Crippen LogP contribution < -0.4 is 0 Å². The van der Waals surface area contributed by atoms with Crippen molar-refractivity contribution < 1.29 is 19.4 Å². The monoisotopic (exact) mass is 370 g/mol. The molecule has 1 N–H and O–H groups in total. The van der Waals surface area contributed by atoms with Gasteiger partial charge in [0.25, 0.3) is 0 Å². The second-order valence-electron chi connectivity index (χ2n) is 6.93. The van der Waals surface area contributed by atoms with Gasteiger partial charge in [-0.05, 0) is 45.4 Å². The van der Waals surface area contributed by atoms with Crippen molar-refractivity contribution in [1.82, 2.24) is 0 Å². The minimum Gasteiger partial charge on any atom is -0.480 e. The van der Waals surface area contributed by atoms with E-state index in [1.165, 1.54) is 77.0 Å². The molecule has 0 rings (SSSR count). The predicted molar refractivity (Wildman–Crippen MR) is 109 cm³/mol. The van der Waals surface area contributed by atoms with Gasteiger partial charge in [0.05, 0.1) is 0 Å². The molecule has 26 heavy (non-hydrogen) atoms. The fraction of sp³-hybridized carbons (Fsp3) is 0.864. The normalized spacial score (nSPS) is 11.4. The topological polar surface area (TPSA) is 55.8 Å². The van der Waals surface area contributed by atoms with E-state index < -0.39 is 5.97 Å². The van der Waals surface area contributed by atoms with Crippen LogP contribution in [-0.4, -0.2) is 37.5 Å². The summed E-state index contributed by atoms with van der Waals surface area (Å²) in [5.41, 5.74) is 0. The number of unbranched alkanes of at least 4 members (excludes halogenated alkanes) is 12. The Kier molecular flexibility index (Phi) is 21.4. The van der Waals surface area contributed by atoms with Crippen LogP contribution in [0, 0.1) is 0 Å². The van der Waals surface area contributed by atoms with Gasteiger partial charge in [0, 0.05) is 19.8 Å². The fourth-order valence-corrected chi connectivity index (χ4v) is 2.89. The van der Waals surface area contributed by atoms with Crippen molar-refractivity contribution in [2.75, 3.05) is 26.4 Å². The van der Waals surface area contributed by atoms with Gasteiger partial charge >= 0.3 is 5.97 Å². The maximum absolute atomic E-state index is 10.3. The predicted octanol–water partition coefficient (Wildman–Crippen LogP) is 6.14. The fourth-order valence-electron chi connectivity index (χ4n) is 2.89. The van der Waals surface area contributed by atoms with Crippen molar-refractivity contribution in [3.63, 3.8) is 0 Å². The Morgan fingerprint density at radius 2 is 1.12 bits per heavy atom. The summed E-state index contributed by atoms with van der Waals surface area (Å²) in [7, 11) is 0. The summed E-state index contributed by atoms with van der Waals surface area (Å²) in [4.78, 5) is 10.3. The zero-order valence-electron chi connectivity index (χ0n) is 17.1. The number of rotatable bonds is 21. The first-order chi connectivity index (χ1) is 12.8. The highest BCUT2D eigenvalue weighted by molar-refractivity contribution is 5.67. The van der Waals surface area contributed by atoms with E-state index >= 15 is 0 Å². The first kappa shape index (κ1) is 25.1. The quantitative estimate of drug-likeness (QED) is 0.195. The number of hydrogen-bond acceptors (Lipinski definition) is 3. The molecule has 0 radical (unpaired) electrons. The third-order valence-electron chi connectivity index (χ3n) is 4.42. The molecular formula is C22H42O4. The lowest BCUT2D eigenvalue weighted by Gasteiger charge is -2.02. The van der Waals surface area contributed by atoms with E-state index in [0.717, 1.165) is 26.1 Å². The van der Waals surface area contributed by atoms with Crippen LogP contribution in [0.4, 0.5) is 0 Å². The third kappa shape index (κ3) is 23.1. The summed E-state index contributed by atoms with van der Waals surface area (Å²) >= 11 is 0. The van der Waals surface area contributed by atoms with Crippen molar-refractivity contribution in [1.29, 1.82) is 0 Å². The molecule has 0 heterocycles. The summed E-state index contributed by atoms with van der Waals surface area (Å²) in [5, 5.41) is 8.44. The minimum absolute atomic E-state index is 0.166. The maximum Gasteiger partial charge on any atom is 0.329 e. The number of ether oxygens (including phenoxy) is 2. The molecule has 0 amide bonds. The first-order valence-corrected chi connectivity index (χ1v) is 10.8. The highest BCUT2D eigenvalue weighted by Crippen LogP contribution is 2.10. The van der Waals surface area contributed by atoms with Crippen LogP contribution in [0.5, 0.6) is 0 Å². The molecule has 0 spiro atoms. The molecule has 0 aromatic carbocycles. The molecule has 0 unspecified atom stereocenters. The van der Waals surface area contributed by atoms with Gasteiger partial charge in [-0.25, -0.2) is 4.79 Å². The Balaban J connectivity index is 3.07. The van der Waals surface area contributed by atoms with Crippen molar-refractivity contribution in [2.24, 2.45) is 0 Å². The SMILES string of the molecule is CCOCCCCCCCC/C=C\CCCCCCCCOCC(=O)O. The number of aliphatic carboxylic acids is 1. The molecule has 0 aliphatic heterocycles. The van der Waals surface area contributed by atoms with Gasteiger partial charge in [-0.2, -0.15) is 0 Å². The van der Waals surface area contributed by atoms with Crippen LogP contribution in [0.2, 0.25) is 0 Å². The summed E-state index contributed by atoms with van der Waals surface area (Å²) in [6.07, 6.45) is 22.3. The molecule has 0 aliphatic carbocycles. The molecule has 4 heteroatoms. The molecule has 0 saturated heterocycles. The molecule has 4 nitrogen and oxygen atoms in total. The Morgan fingerprint density at radius 1 is 0.692 bits per heavy atom. The van der Waals surface area contributed by atoms with E-state index in [9.17, 15) is 4.79 Å². The average Bonchev–Trinajstić information content (AvgIpc) is 2.62. The van der Waals surface area contributed by atoms with E-state index in [2.05, 4.69) is 19.1 Å². The summed E-state index contributed by atoms with van der Waals surface area (Å²) in [6, 6.07) is 0. The zero-order chi connectivity index (χ0) is 19.1. The standard InChI is InChI=1S/C22H42O4/c1-2-25-19-17-15-13-11-9-7-5-3-4-6-8-10-12-14-16-18-20-26-21-22(23)24/h3-4H,2,5-21H2,1H3,(H,23,24)/b4-3-. The van der Waals surface area contributed by atoms with Crippen LogP contribution in [0.25, 0.3) is 0 Å². The van der Waals surface area contributed by atoms with Crippen molar-refractivity contribution in [3.8, 4) is 0 Å². The average molecular weight is 371 g/mol. The molecule has 0 aromatic heterocycles. The molecule has 0 atom stereocenters. The van der Waals surface area contributed by atoms with Crippen molar-refractivity contribution in [2.45, 2.75) is 96.8 Å². The molecule has 0 aliphatic rings. The number of carboxylic acids is 1. The lowest BCUT2D eigenvalue weighted by molar-refractivity contribution is -0.142. The largest absolute Gasteiger partial charge is 0.480 e. The third-order valence-corrected chi connectivity index (χ3v) is 4.42. The number of allylic oxidation sites excluding steroid dienone is 2. The second-order valence-corrected chi connectivity index (χ2v) is 6.93. The minimum atomic E-state index is -0.883. The van der Waals surface area contributed by atoms with Gasteiger partial charge in [-0.1, -0.05) is 63.5 Å². The van der Waals surface area contributed by atoms with Crippen LogP contribution in [0.1, 0.15) is 96.8 Å². The number of carbonyl (C=O) groups is 1. The van der Waals surface area contributed by atoms with Crippen LogP contribution in [-0.2, 0) is 14.3 Å². The van der Waals surface area contributed by atoms with Crippen molar-refractivity contribution >= 4 is 5.97 Å². The smallest absolute Gasteiger partial charge is 0.329 e. The van der Waals surface area contributed by atoms with Gasteiger partial charge in [0.15, 0.2) is 0 Å². The first-order valence-electron chi connectivity index (χ1n) is 10.8. The van der Waals surface area contributed by atoms with E-state index in [1.807, 2.05) is 0 Å². The second kappa shape index (κ2) is 22.2. The van der Waals surface area contributed by atoms with Crippen LogP contribution in [0.15, 0.2) is 12.2 Å². The highest BCUT2D eigenvalue weighted by Gasteiger charge is 1.96. The maximum atomic E-state index is 10.3. The van der Waals surface area contributed by atoms with E-state index in [0.29, 0.717) is 6.61 Å². The number of hydrogen-bond donors (Lipinski definition) is 1. The Hall–Kier alpha value is -0.870. The Labute approximate surface area is 161 Å². The molecule has 0 aromatic rings. The summed E-state index contributed by atoms with van der Waals surface area (Å²) < 4.78 is 10.4. The lowest BCUT2D eigenvalue weighted by Crippen LogP contribution is -2.07. The van der Waals surface area contributed by atoms with E-state index in [4.69, 9.17) is 14.6 Å². The Morgan fingerprint density at radius 3 is 1.58 bits per heavy atom. The van der Waals surface area contributed by atoms with E-state index in [-0.39, 0.29) is 6.61 Å².